The number of methoxy groups -OCH3 is 2. The van der Waals surface area contributed by atoms with Crippen LogP contribution in [0.4, 0.5) is 14.6 Å². The van der Waals surface area contributed by atoms with E-state index in [1.54, 1.807) is 49.7 Å². The van der Waals surface area contributed by atoms with E-state index in [1.165, 1.54) is 24.1 Å². The van der Waals surface area contributed by atoms with Crippen LogP contribution in [0.3, 0.4) is 0 Å². The highest BCUT2D eigenvalue weighted by Gasteiger charge is 2.16. The first-order chi connectivity index (χ1) is 13.5. The van der Waals surface area contributed by atoms with Gasteiger partial charge in [0.05, 0.1) is 26.5 Å². The lowest BCUT2D eigenvalue weighted by Crippen LogP contribution is -2.16. The lowest BCUT2D eigenvalue weighted by molar-refractivity contribution is 0.391. The van der Waals surface area contributed by atoms with Crippen LogP contribution in [0.5, 0.6) is 11.5 Å². The Bertz CT molecular complexity index is 972. The average molecular weight is 403 g/mol. The quantitative estimate of drug-likeness (QED) is 0.417. The van der Waals surface area contributed by atoms with Gasteiger partial charge in [-0.05, 0) is 43.3 Å². The van der Waals surface area contributed by atoms with Crippen LogP contribution in [0.15, 0.2) is 53.6 Å². The van der Waals surface area contributed by atoms with Gasteiger partial charge in [0, 0.05) is 23.6 Å². The molecule has 8 heteroatoms. The van der Waals surface area contributed by atoms with E-state index in [0.29, 0.717) is 34.6 Å². The monoisotopic (exact) mass is 403 g/mol. The molecule has 0 unspecified atom stereocenters. The van der Waals surface area contributed by atoms with Crippen LogP contribution < -0.4 is 13.8 Å². The zero-order chi connectivity index (χ0) is 20.1. The number of anilines is 1. The smallest absolute Gasteiger partial charge is 0.214 e. The van der Waals surface area contributed by atoms with Crippen LogP contribution in [-0.4, -0.2) is 24.2 Å². The van der Waals surface area contributed by atoms with E-state index in [9.17, 15) is 8.78 Å². The van der Waals surface area contributed by atoms with Crippen LogP contribution in [0.2, 0.25) is 0 Å². The molecule has 1 aromatic carbocycles. The molecule has 0 amide bonds. The number of pyridine rings is 2. The van der Waals surface area contributed by atoms with E-state index in [4.69, 9.17) is 9.47 Å². The third-order valence-corrected chi connectivity index (χ3v) is 4.91. The number of rotatable bonds is 7. The minimum absolute atomic E-state index is 0.291. The predicted octanol–water partition coefficient (Wildman–Crippen LogP) is 4.79. The van der Waals surface area contributed by atoms with Gasteiger partial charge in [-0.3, -0.25) is 4.31 Å². The second-order valence-corrected chi connectivity index (χ2v) is 6.88. The first kappa shape index (κ1) is 19.9. The zero-order valence-electron chi connectivity index (χ0n) is 15.6. The van der Waals surface area contributed by atoms with Gasteiger partial charge >= 0.3 is 0 Å². The molecule has 0 fully saturated rings. The summed E-state index contributed by atoms with van der Waals surface area (Å²) in [6, 6.07) is 13.0. The summed E-state index contributed by atoms with van der Waals surface area (Å²) in [4.78, 5) is 8.21. The van der Waals surface area contributed by atoms with Crippen molar-refractivity contribution in [3.63, 3.8) is 0 Å². The number of aryl methyl sites for hydroxylation is 1. The van der Waals surface area contributed by atoms with Crippen molar-refractivity contribution in [3.05, 3.63) is 71.6 Å². The normalized spacial score (nSPS) is 10.6. The molecule has 0 aliphatic carbocycles. The van der Waals surface area contributed by atoms with Crippen molar-refractivity contribution in [2.75, 3.05) is 18.5 Å². The van der Waals surface area contributed by atoms with Gasteiger partial charge < -0.3 is 9.47 Å². The van der Waals surface area contributed by atoms with E-state index in [2.05, 4.69) is 9.97 Å². The minimum Gasteiger partial charge on any atom is -0.497 e. The first-order valence-electron chi connectivity index (χ1n) is 8.42. The number of benzene rings is 1. The van der Waals surface area contributed by atoms with Crippen molar-refractivity contribution in [3.8, 4) is 11.5 Å². The van der Waals surface area contributed by atoms with Crippen molar-refractivity contribution in [2.24, 2.45) is 0 Å². The number of hydrogen-bond acceptors (Lipinski definition) is 6. The SMILES string of the molecule is COc1ccc(CN(Sc2ccc(F)c(C)n2)c2cccc(F)n2)c(OC)c1. The summed E-state index contributed by atoms with van der Waals surface area (Å²) in [5.41, 5.74) is 1.14. The summed E-state index contributed by atoms with van der Waals surface area (Å²) in [6.45, 7) is 1.95. The summed E-state index contributed by atoms with van der Waals surface area (Å²) in [5, 5.41) is 0.567. The Balaban J connectivity index is 1.95. The Morgan fingerprint density at radius 1 is 1.00 bits per heavy atom. The topological polar surface area (TPSA) is 47.5 Å². The summed E-state index contributed by atoms with van der Waals surface area (Å²) in [6.07, 6.45) is 0. The third-order valence-electron chi connectivity index (χ3n) is 3.96. The molecule has 2 heterocycles. The van der Waals surface area contributed by atoms with Gasteiger partial charge in [-0.15, -0.1) is 0 Å². The Morgan fingerprint density at radius 2 is 1.82 bits per heavy atom. The molecule has 0 saturated carbocycles. The van der Waals surface area contributed by atoms with Gasteiger partial charge in [0.25, 0.3) is 0 Å². The van der Waals surface area contributed by atoms with Crippen molar-refractivity contribution in [1.29, 1.82) is 0 Å². The molecule has 0 spiro atoms. The fourth-order valence-corrected chi connectivity index (χ4v) is 3.45. The standard InChI is InChI=1S/C20H19F2N3O2S/c1-13-16(21)9-10-20(23-13)28-25(19-6-4-5-18(22)24-19)12-14-7-8-15(26-2)11-17(14)27-3/h4-11H,12H2,1-3H3. The number of ether oxygens (including phenoxy) is 2. The van der Waals surface area contributed by atoms with E-state index in [1.807, 2.05) is 12.1 Å². The van der Waals surface area contributed by atoms with Gasteiger partial charge in [0.2, 0.25) is 5.95 Å². The van der Waals surface area contributed by atoms with Gasteiger partial charge in [-0.1, -0.05) is 6.07 Å². The summed E-state index contributed by atoms with van der Waals surface area (Å²) < 4.78 is 39.7. The predicted molar refractivity (Wildman–Crippen MR) is 105 cm³/mol. The largest absolute Gasteiger partial charge is 0.497 e. The van der Waals surface area contributed by atoms with Crippen LogP contribution in [-0.2, 0) is 6.54 Å². The molecule has 0 N–H and O–H groups in total. The number of halogens is 2. The van der Waals surface area contributed by atoms with Gasteiger partial charge in [-0.2, -0.15) is 4.39 Å². The lowest BCUT2D eigenvalue weighted by Gasteiger charge is -2.23. The highest BCUT2D eigenvalue weighted by atomic mass is 32.2. The molecule has 0 radical (unpaired) electrons. The lowest BCUT2D eigenvalue weighted by atomic mass is 10.2. The molecule has 3 rings (SSSR count). The Kier molecular flexibility index (Phi) is 6.30. The van der Waals surface area contributed by atoms with Crippen LogP contribution in [0.1, 0.15) is 11.3 Å². The van der Waals surface area contributed by atoms with Crippen molar-refractivity contribution >= 4 is 17.8 Å². The maximum Gasteiger partial charge on any atom is 0.214 e. The zero-order valence-corrected chi connectivity index (χ0v) is 16.5. The fraction of sp³-hybridized carbons (Fsp3) is 0.200. The van der Waals surface area contributed by atoms with Crippen molar-refractivity contribution in [1.82, 2.24) is 9.97 Å². The second kappa shape index (κ2) is 8.88. The van der Waals surface area contributed by atoms with Crippen LogP contribution >= 0.6 is 11.9 Å². The molecule has 0 bridgehead atoms. The molecular weight excluding hydrogens is 384 g/mol. The molecular formula is C20H19F2N3O2S. The van der Waals surface area contributed by atoms with Gasteiger partial charge in [0.15, 0.2) is 0 Å². The van der Waals surface area contributed by atoms with E-state index in [0.717, 1.165) is 5.56 Å². The summed E-state index contributed by atoms with van der Waals surface area (Å²) in [5.74, 6) is 0.736. The van der Waals surface area contributed by atoms with Crippen LogP contribution in [0.25, 0.3) is 0 Å². The van der Waals surface area contributed by atoms with Gasteiger partial charge in [0.1, 0.15) is 28.2 Å². The number of aromatic nitrogens is 2. The molecule has 2 aromatic heterocycles. The van der Waals surface area contributed by atoms with E-state index in [-0.39, 0.29) is 5.82 Å². The fourth-order valence-electron chi connectivity index (χ4n) is 2.52. The Hall–Kier alpha value is -2.87. The van der Waals surface area contributed by atoms with E-state index >= 15 is 0 Å². The second-order valence-electron chi connectivity index (χ2n) is 5.84. The Morgan fingerprint density at radius 3 is 2.50 bits per heavy atom. The average Bonchev–Trinajstić information content (AvgIpc) is 2.70. The Labute approximate surface area is 166 Å². The van der Waals surface area contributed by atoms with Crippen molar-refractivity contribution in [2.45, 2.75) is 18.5 Å². The molecule has 3 aromatic rings. The van der Waals surface area contributed by atoms with Crippen molar-refractivity contribution < 1.29 is 18.3 Å². The van der Waals surface area contributed by atoms with Gasteiger partial charge in [-0.25, -0.2) is 14.4 Å². The molecule has 28 heavy (non-hydrogen) atoms. The van der Waals surface area contributed by atoms with Crippen LogP contribution in [0, 0.1) is 18.7 Å². The molecule has 0 aliphatic heterocycles. The summed E-state index contributed by atoms with van der Waals surface area (Å²) in [7, 11) is 3.15. The minimum atomic E-state index is -0.590. The number of nitrogens with zero attached hydrogens (tertiary/aromatic N) is 3. The highest BCUT2D eigenvalue weighted by molar-refractivity contribution is 8.00. The maximum absolute atomic E-state index is 13.7. The third kappa shape index (κ3) is 4.69. The molecule has 0 aliphatic rings. The molecule has 5 nitrogen and oxygen atoms in total. The first-order valence-corrected chi connectivity index (χ1v) is 9.19. The highest BCUT2D eigenvalue weighted by Crippen LogP contribution is 2.32. The maximum atomic E-state index is 13.7. The van der Waals surface area contributed by atoms with E-state index < -0.39 is 5.95 Å². The number of hydrogen-bond donors (Lipinski definition) is 0. The molecule has 146 valence electrons. The molecule has 0 atom stereocenters. The summed E-state index contributed by atoms with van der Waals surface area (Å²) >= 11 is 1.24. The molecule has 0 saturated heterocycles.